The largest absolute Gasteiger partial charge is 0.366 e. The smallest absolute Gasteiger partial charge is 0.350 e. The molecular weight excluding hydrogens is 451 g/mol. The van der Waals surface area contributed by atoms with Crippen LogP contribution in [-0.4, -0.2) is 72.7 Å². The van der Waals surface area contributed by atoms with Crippen LogP contribution in [0.5, 0.6) is 0 Å². The first-order chi connectivity index (χ1) is 13.0. The molecule has 2 aliphatic heterocycles. The number of carbonyl (C=O) groups excluding carboxylic acids is 2. The van der Waals surface area contributed by atoms with Gasteiger partial charge in [0.25, 0.3) is 0 Å². The molecule has 0 radical (unpaired) electrons. The number of carbonyl (C=O) groups is 2. The fourth-order valence-electron chi connectivity index (χ4n) is 4.75. The van der Waals surface area contributed by atoms with Crippen molar-refractivity contribution in [3.8, 4) is 0 Å². The minimum Gasteiger partial charge on any atom is -0.366 e. The Morgan fingerprint density at radius 3 is 2.23 bits per heavy atom. The first-order valence-corrected chi connectivity index (χ1v) is 10.8. The summed E-state index contributed by atoms with van der Waals surface area (Å²) < 4.78 is 0. The lowest BCUT2D eigenvalue weighted by Crippen LogP contribution is -2.62. The highest BCUT2D eigenvalue weighted by atomic mass is 35.5. The van der Waals surface area contributed by atoms with E-state index in [9.17, 15) is 9.59 Å². The summed E-state index contributed by atoms with van der Waals surface area (Å²) in [5.74, 6) is -0.242. The second kappa shape index (κ2) is 14.0. The summed E-state index contributed by atoms with van der Waals surface area (Å²) in [7, 11) is 0. The molecule has 3 rings (SSSR count). The molecule has 3 aliphatic rings. The van der Waals surface area contributed by atoms with Crippen molar-refractivity contribution in [3.63, 3.8) is 0 Å². The maximum Gasteiger partial charge on any atom is 0.350 e. The van der Waals surface area contributed by atoms with Gasteiger partial charge in [-0.3, -0.25) is 9.69 Å². The molecule has 2 atom stereocenters. The van der Waals surface area contributed by atoms with Crippen molar-refractivity contribution in [1.82, 2.24) is 20.6 Å². The van der Waals surface area contributed by atoms with Crippen molar-refractivity contribution in [2.75, 3.05) is 39.3 Å². The van der Waals surface area contributed by atoms with Crippen molar-refractivity contribution in [2.45, 2.75) is 70.4 Å². The van der Waals surface area contributed by atoms with Gasteiger partial charge in [0.15, 0.2) is 0 Å². The molecule has 1 amide bonds. The quantitative estimate of drug-likeness (QED) is 0.618. The fourth-order valence-corrected chi connectivity index (χ4v) is 4.75. The summed E-state index contributed by atoms with van der Waals surface area (Å²) >= 11 is 0. The highest BCUT2D eigenvalue weighted by Crippen LogP contribution is 2.35. The molecule has 1 unspecified atom stereocenters. The summed E-state index contributed by atoms with van der Waals surface area (Å²) in [6.45, 7) is 9.41. The van der Waals surface area contributed by atoms with Crippen LogP contribution in [0.2, 0.25) is 0 Å². The molecule has 2 N–H and O–H groups in total. The van der Waals surface area contributed by atoms with E-state index in [0.29, 0.717) is 18.9 Å². The summed E-state index contributed by atoms with van der Waals surface area (Å²) in [6.07, 6.45) is 6.46. The Morgan fingerprint density at radius 1 is 1.03 bits per heavy atom. The Balaban J connectivity index is 0.00000280. The molecule has 10 heteroatoms. The molecule has 0 aromatic rings. The van der Waals surface area contributed by atoms with E-state index < -0.39 is 5.54 Å². The highest BCUT2D eigenvalue weighted by molar-refractivity contribution is 5.88. The van der Waals surface area contributed by atoms with Gasteiger partial charge in [0.1, 0.15) is 5.54 Å². The maximum atomic E-state index is 13.1. The van der Waals surface area contributed by atoms with Crippen molar-refractivity contribution in [1.29, 1.82) is 0 Å². The molecule has 0 spiro atoms. The first-order valence-electron chi connectivity index (χ1n) is 10.8. The van der Waals surface area contributed by atoms with Gasteiger partial charge < -0.3 is 15.5 Å². The number of halogens is 3. The lowest BCUT2D eigenvalue weighted by Gasteiger charge is -2.43. The van der Waals surface area contributed by atoms with E-state index in [1.807, 2.05) is 6.92 Å². The summed E-state index contributed by atoms with van der Waals surface area (Å²) in [6, 6.07) is 0.651. The number of hydroxylamine groups is 2. The van der Waals surface area contributed by atoms with Crippen LogP contribution >= 0.6 is 37.2 Å². The number of amides is 1. The zero-order chi connectivity index (χ0) is 19.3. The third-order valence-electron chi connectivity index (χ3n) is 6.66. The predicted octanol–water partition coefficient (Wildman–Crippen LogP) is 2.55. The van der Waals surface area contributed by atoms with Gasteiger partial charge in [0.2, 0.25) is 5.91 Å². The van der Waals surface area contributed by atoms with Crippen LogP contribution in [0.15, 0.2) is 0 Å². The number of rotatable bonds is 5. The lowest BCUT2D eigenvalue weighted by atomic mass is 9.73. The van der Waals surface area contributed by atoms with Gasteiger partial charge in [-0.05, 0) is 44.7 Å². The average molecular weight is 490 g/mol. The van der Waals surface area contributed by atoms with Crippen LogP contribution < -0.4 is 10.6 Å². The maximum absolute atomic E-state index is 13.1. The van der Waals surface area contributed by atoms with Crippen LogP contribution in [0.1, 0.15) is 58.8 Å². The highest BCUT2D eigenvalue weighted by Gasteiger charge is 2.48. The Bertz CT molecular complexity index is 529. The summed E-state index contributed by atoms with van der Waals surface area (Å²) in [4.78, 5) is 33.6. The van der Waals surface area contributed by atoms with E-state index in [4.69, 9.17) is 4.84 Å². The molecule has 3 fully saturated rings. The number of piperazine rings is 1. The molecule has 2 saturated heterocycles. The van der Waals surface area contributed by atoms with Crippen LogP contribution in [0.4, 0.5) is 0 Å². The molecule has 1 saturated carbocycles. The number of piperidine rings is 1. The van der Waals surface area contributed by atoms with E-state index >= 15 is 0 Å². The molecule has 1 aliphatic carbocycles. The first kappa shape index (κ1) is 29.7. The fraction of sp³-hybridized carbons (Fsp3) is 0.900. The Morgan fingerprint density at radius 2 is 1.67 bits per heavy atom. The van der Waals surface area contributed by atoms with E-state index in [1.54, 1.807) is 5.06 Å². The van der Waals surface area contributed by atoms with Crippen LogP contribution in [0.25, 0.3) is 0 Å². The minimum absolute atomic E-state index is 0. The van der Waals surface area contributed by atoms with Crippen LogP contribution in [-0.2, 0) is 14.4 Å². The SMILES string of the molecule is CCC(=O)NC1(C(=O)ON2CCN(C3CCNCC3)CC2)CCCC[C@@H]1C.Cl.Cl.Cl. The monoisotopic (exact) mass is 488 g/mol. The number of nitrogens with one attached hydrogen (secondary N) is 2. The summed E-state index contributed by atoms with van der Waals surface area (Å²) in [5.41, 5.74) is -0.864. The van der Waals surface area contributed by atoms with Gasteiger partial charge in [0.05, 0.1) is 0 Å². The van der Waals surface area contributed by atoms with Crippen molar-refractivity contribution in [2.24, 2.45) is 5.92 Å². The average Bonchev–Trinajstić information content (AvgIpc) is 2.71. The van der Waals surface area contributed by atoms with Gasteiger partial charge in [-0.15, -0.1) is 42.3 Å². The zero-order valence-corrected chi connectivity index (χ0v) is 20.6. The number of nitrogens with zero attached hydrogens (tertiary/aromatic N) is 2. The van der Waals surface area contributed by atoms with E-state index in [2.05, 4.69) is 22.5 Å². The topological polar surface area (TPSA) is 73.9 Å². The third kappa shape index (κ3) is 7.10. The second-order valence-electron chi connectivity index (χ2n) is 8.34. The van der Waals surface area contributed by atoms with Crippen LogP contribution in [0, 0.1) is 5.92 Å². The lowest BCUT2D eigenvalue weighted by molar-refractivity contribution is -0.210. The third-order valence-corrected chi connectivity index (χ3v) is 6.66. The van der Waals surface area contributed by atoms with Crippen LogP contribution in [0.3, 0.4) is 0 Å². The van der Waals surface area contributed by atoms with Crippen molar-refractivity contribution < 1.29 is 14.4 Å². The molecule has 0 aromatic heterocycles. The molecule has 0 bridgehead atoms. The number of hydrogen-bond acceptors (Lipinski definition) is 6. The standard InChI is InChI=1S/C20H36N4O3.3ClH/c1-3-18(25)22-20(9-5-4-6-16(20)2)19(26)27-24-14-12-23(13-15-24)17-7-10-21-11-8-17;;;/h16-17,21H,3-15H2,1-2H3,(H,22,25);3*1H/t16-,20?;;;/m0.../s1. The Kier molecular flexibility index (Phi) is 13.8. The summed E-state index contributed by atoms with van der Waals surface area (Å²) in [5, 5.41) is 8.24. The van der Waals surface area contributed by atoms with E-state index in [1.165, 1.54) is 12.8 Å². The molecule has 30 heavy (non-hydrogen) atoms. The van der Waals surface area contributed by atoms with Gasteiger partial charge >= 0.3 is 5.97 Å². The van der Waals surface area contributed by atoms with Gasteiger partial charge in [-0.2, -0.15) is 0 Å². The molecule has 7 nitrogen and oxygen atoms in total. The normalized spacial score (nSPS) is 28.3. The van der Waals surface area contributed by atoms with Gasteiger partial charge in [0, 0.05) is 38.6 Å². The Hall–Kier alpha value is -0.310. The molecule has 2 heterocycles. The Labute approximate surface area is 199 Å². The van der Waals surface area contributed by atoms with E-state index in [0.717, 1.165) is 58.5 Å². The zero-order valence-electron chi connectivity index (χ0n) is 18.2. The molecular formula is C20H39Cl3N4O3. The minimum atomic E-state index is -0.864. The van der Waals surface area contributed by atoms with Gasteiger partial charge in [-0.25, -0.2) is 4.79 Å². The van der Waals surface area contributed by atoms with Crippen molar-refractivity contribution >= 4 is 49.1 Å². The van der Waals surface area contributed by atoms with E-state index in [-0.39, 0.29) is 55.0 Å². The molecule has 178 valence electrons. The second-order valence-corrected chi connectivity index (χ2v) is 8.34. The number of hydrogen-bond donors (Lipinski definition) is 2. The molecule has 0 aromatic carbocycles. The predicted molar refractivity (Wildman–Crippen MR) is 126 cm³/mol. The van der Waals surface area contributed by atoms with Crippen molar-refractivity contribution in [3.05, 3.63) is 0 Å². The van der Waals surface area contributed by atoms with Gasteiger partial charge in [-0.1, -0.05) is 26.7 Å².